The van der Waals surface area contributed by atoms with Gasteiger partial charge in [-0.2, -0.15) is 0 Å². The molecule has 0 saturated heterocycles. The smallest absolute Gasteiger partial charge is 0.201 e. The molecule has 2 fully saturated rings. The molecule has 2 aromatic rings. The minimum absolute atomic E-state index is 0.212. The first-order valence-electron chi connectivity index (χ1n) is 6.70. The lowest BCUT2D eigenvalue weighted by Crippen LogP contribution is -2.16. The molecule has 2 N–H and O–H groups in total. The van der Waals surface area contributed by atoms with Gasteiger partial charge < -0.3 is 10.3 Å². The summed E-state index contributed by atoms with van der Waals surface area (Å²) in [5, 5.41) is 0. The largest absolute Gasteiger partial charge is 0.369 e. The van der Waals surface area contributed by atoms with Gasteiger partial charge in [-0.25, -0.2) is 13.8 Å². The molecule has 2 aliphatic carbocycles. The Morgan fingerprint density at radius 1 is 1.32 bits per heavy atom. The van der Waals surface area contributed by atoms with Crippen LogP contribution in [0.25, 0.3) is 11.0 Å². The van der Waals surface area contributed by atoms with Crippen molar-refractivity contribution in [2.75, 3.05) is 5.73 Å². The number of aromatic nitrogens is 2. The van der Waals surface area contributed by atoms with Crippen molar-refractivity contribution in [2.24, 2.45) is 11.3 Å². The molecule has 5 heteroatoms. The third kappa shape index (κ3) is 1.57. The lowest BCUT2D eigenvalue weighted by molar-refractivity contribution is 0.375. The highest BCUT2D eigenvalue weighted by molar-refractivity contribution is 5.79. The number of anilines is 1. The van der Waals surface area contributed by atoms with Crippen molar-refractivity contribution in [3.8, 4) is 0 Å². The maximum absolute atomic E-state index is 14.0. The molecule has 2 aliphatic rings. The summed E-state index contributed by atoms with van der Waals surface area (Å²) in [5.41, 5.74) is 6.80. The zero-order chi connectivity index (χ0) is 13.2. The number of nitrogens with two attached hydrogens (primary N) is 1. The van der Waals surface area contributed by atoms with Gasteiger partial charge in [0, 0.05) is 6.54 Å². The van der Waals surface area contributed by atoms with E-state index in [1.54, 1.807) is 4.57 Å². The predicted octanol–water partition coefficient (Wildman–Crippen LogP) is 3.09. The van der Waals surface area contributed by atoms with Crippen molar-refractivity contribution in [2.45, 2.75) is 32.2 Å². The molecule has 1 aromatic carbocycles. The van der Waals surface area contributed by atoms with Crippen LogP contribution in [0.5, 0.6) is 0 Å². The average molecular weight is 263 g/mol. The Morgan fingerprint density at radius 2 is 2.05 bits per heavy atom. The van der Waals surface area contributed by atoms with Crippen molar-refractivity contribution in [1.29, 1.82) is 0 Å². The van der Waals surface area contributed by atoms with Crippen LogP contribution in [-0.2, 0) is 6.54 Å². The SMILES string of the molecule is Nc1nc2ccc(F)c(F)c2n1CC1(C2CC2)CC1. The Kier molecular flexibility index (Phi) is 2.04. The van der Waals surface area contributed by atoms with Gasteiger partial charge in [0.05, 0.1) is 5.52 Å². The fourth-order valence-corrected chi connectivity index (χ4v) is 3.20. The topological polar surface area (TPSA) is 43.8 Å². The van der Waals surface area contributed by atoms with Crippen molar-refractivity contribution in [3.63, 3.8) is 0 Å². The average Bonchev–Trinajstić information content (AvgIpc) is 3.23. The van der Waals surface area contributed by atoms with E-state index < -0.39 is 11.6 Å². The van der Waals surface area contributed by atoms with E-state index in [1.807, 2.05) is 0 Å². The number of rotatable bonds is 3. The molecule has 4 rings (SSSR count). The van der Waals surface area contributed by atoms with Gasteiger partial charge in [-0.1, -0.05) is 0 Å². The molecule has 0 spiro atoms. The highest BCUT2D eigenvalue weighted by Crippen LogP contribution is 2.62. The van der Waals surface area contributed by atoms with Crippen LogP contribution in [0.4, 0.5) is 14.7 Å². The third-order valence-electron chi connectivity index (χ3n) is 4.64. The molecule has 2 saturated carbocycles. The third-order valence-corrected chi connectivity index (χ3v) is 4.64. The van der Waals surface area contributed by atoms with Crippen LogP contribution < -0.4 is 5.73 Å². The van der Waals surface area contributed by atoms with Crippen LogP contribution in [0.3, 0.4) is 0 Å². The molecule has 1 aromatic heterocycles. The number of nitrogens with zero attached hydrogens (tertiary/aromatic N) is 2. The summed E-state index contributed by atoms with van der Waals surface area (Å²) in [6, 6.07) is 2.58. The van der Waals surface area contributed by atoms with E-state index >= 15 is 0 Å². The highest BCUT2D eigenvalue weighted by atomic mass is 19.2. The highest BCUT2D eigenvalue weighted by Gasteiger charge is 2.54. The van der Waals surface area contributed by atoms with E-state index in [1.165, 1.54) is 18.9 Å². The zero-order valence-corrected chi connectivity index (χ0v) is 10.5. The van der Waals surface area contributed by atoms with Gasteiger partial charge >= 0.3 is 0 Å². The Balaban J connectivity index is 1.84. The van der Waals surface area contributed by atoms with E-state index in [4.69, 9.17) is 5.73 Å². The maximum atomic E-state index is 14.0. The number of hydrogen-bond donors (Lipinski definition) is 1. The molecule has 0 bridgehead atoms. The van der Waals surface area contributed by atoms with Crippen molar-refractivity contribution < 1.29 is 8.78 Å². The molecule has 0 atom stereocenters. The van der Waals surface area contributed by atoms with Crippen LogP contribution in [0.2, 0.25) is 0 Å². The normalized spacial score (nSPS) is 20.9. The van der Waals surface area contributed by atoms with Gasteiger partial charge in [0.2, 0.25) is 5.95 Å². The summed E-state index contributed by atoms with van der Waals surface area (Å²) < 4.78 is 29.1. The molecule has 0 radical (unpaired) electrons. The number of nitrogen functional groups attached to an aromatic ring is 1. The molecule has 1 heterocycles. The molecule has 100 valence electrons. The van der Waals surface area contributed by atoms with Crippen molar-refractivity contribution >= 4 is 17.0 Å². The summed E-state index contributed by atoms with van der Waals surface area (Å²) in [7, 11) is 0. The Hall–Kier alpha value is -1.65. The lowest BCUT2D eigenvalue weighted by atomic mass is 10.0. The van der Waals surface area contributed by atoms with Crippen LogP contribution in [-0.4, -0.2) is 9.55 Å². The van der Waals surface area contributed by atoms with Gasteiger partial charge in [0.1, 0.15) is 5.52 Å². The van der Waals surface area contributed by atoms with E-state index in [9.17, 15) is 8.78 Å². The fraction of sp³-hybridized carbons (Fsp3) is 0.500. The molecular weight excluding hydrogens is 248 g/mol. The number of benzene rings is 1. The van der Waals surface area contributed by atoms with E-state index in [-0.39, 0.29) is 16.9 Å². The molecule has 0 aliphatic heterocycles. The zero-order valence-electron chi connectivity index (χ0n) is 10.5. The first-order chi connectivity index (χ1) is 9.11. The van der Waals surface area contributed by atoms with Crippen LogP contribution in [0.1, 0.15) is 25.7 Å². The van der Waals surface area contributed by atoms with Crippen LogP contribution >= 0.6 is 0 Å². The summed E-state index contributed by atoms with van der Waals surface area (Å²) >= 11 is 0. The standard InChI is InChI=1S/C14H15F2N3/c15-9-3-4-10-12(11(9)16)19(13(17)18-10)7-14(5-6-14)8-1-2-8/h3-4,8H,1-2,5-7H2,(H2,17,18). The van der Waals surface area contributed by atoms with Crippen molar-refractivity contribution in [3.05, 3.63) is 23.8 Å². The summed E-state index contributed by atoms with van der Waals surface area (Å²) in [6.45, 7) is 0.667. The van der Waals surface area contributed by atoms with Gasteiger partial charge in [-0.05, 0) is 49.1 Å². The Bertz CT molecular complexity index is 669. The van der Waals surface area contributed by atoms with E-state index in [2.05, 4.69) is 4.98 Å². The summed E-state index contributed by atoms with van der Waals surface area (Å²) in [4.78, 5) is 4.14. The Morgan fingerprint density at radius 3 is 2.68 bits per heavy atom. The van der Waals surface area contributed by atoms with Crippen LogP contribution in [0.15, 0.2) is 12.1 Å². The minimum Gasteiger partial charge on any atom is -0.369 e. The predicted molar refractivity (Wildman–Crippen MR) is 68.5 cm³/mol. The van der Waals surface area contributed by atoms with Crippen LogP contribution in [0, 0.1) is 23.0 Å². The second-order valence-corrected chi connectivity index (χ2v) is 5.92. The van der Waals surface area contributed by atoms with Gasteiger partial charge in [0.25, 0.3) is 0 Å². The first kappa shape index (κ1) is 11.2. The molecule has 0 unspecified atom stereocenters. The number of fused-ring (bicyclic) bond motifs is 1. The minimum atomic E-state index is -0.843. The molecule has 19 heavy (non-hydrogen) atoms. The van der Waals surface area contributed by atoms with E-state index in [0.29, 0.717) is 12.1 Å². The van der Waals surface area contributed by atoms with Gasteiger partial charge in [0.15, 0.2) is 11.6 Å². The number of imidazole rings is 1. The molecule has 0 amide bonds. The summed E-state index contributed by atoms with van der Waals surface area (Å²) in [5.74, 6) is -0.661. The lowest BCUT2D eigenvalue weighted by Gasteiger charge is -2.16. The second kappa shape index (κ2) is 3.46. The Labute approximate surface area is 109 Å². The number of hydrogen-bond acceptors (Lipinski definition) is 2. The van der Waals surface area contributed by atoms with Gasteiger partial charge in [-0.3, -0.25) is 0 Å². The van der Waals surface area contributed by atoms with Gasteiger partial charge in [-0.15, -0.1) is 0 Å². The monoisotopic (exact) mass is 263 g/mol. The fourth-order valence-electron chi connectivity index (χ4n) is 3.20. The summed E-state index contributed by atoms with van der Waals surface area (Å²) in [6.07, 6.45) is 4.83. The quantitative estimate of drug-likeness (QED) is 0.924. The first-order valence-corrected chi connectivity index (χ1v) is 6.70. The molecular formula is C14H15F2N3. The number of halogens is 2. The van der Waals surface area contributed by atoms with E-state index in [0.717, 1.165) is 24.8 Å². The second-order valence-electron chi connectivity index (χ2n) is 5.92. The maximum Gasteiger partial charge on any atom is 0.201 e. The molecule has 3 nitrogen and oxygen atoms in total. The van der Waals surface area contributed by atoms with Crippen molar-refractivity contribution in [1.82, 2.24) is 9.55 Å².